The molecule has 0 aliphatic carbocycles. The zero-order valence-electron chi connectivity index (χ0n) is 23.6. The molecule has 3 heteroatoms. The van der Waals surface area contributed by atoms with Crippen LogP contribution in [0.2, 0.25) is 0 Å². The van der Waals surface area contributed by atoms with E-state index in [0.29, 0.717) is 0 Å². The molecule has 38 heavy (non-hydrogen) atoms. The van der Waals surface area contributed by atoms with E-state index in [9.17, 15) is 0 Å². The lowest BCUT2D eigenvalue weighted by atomic mass is 10.1. The largest absolute Gasteiger partial charge is 0.353 e. The highest BCUT2D eigenvalue weighted by Gasteiger charge is 2.44. The van der Waals surface area contributed by atoms with Crippen molar-refractivity contribution < 1.29 is 9.47 Å². The maximum atomic E-state index is 5.86. The smallest absolute Gasteiger partial charge is 0.157 e. The summed E-state index contributed by atoms with van der Waals surface area (Å²) in [7, 11) is -1.71. The second-order valence-corrected chi connectivity index (χ2v) is 13.6. The van der Waals surface area contributed by atoms with Crippen LogP contribution in [0.1, 0.15) is 71.6 Å². The molecule has 204 valence electrons. The molecule has 0 fully saturated rings. The summed E-state index contributed by atoms with van der Waals surface area (Å²) in [6.07, 6.45) is 16.2. The first-order valence-electron chi connectivity index (χ1n) is 14.7. The minimum Gasteiger partial charge on any atom is -0.353 e. The first kappa shape index (κ1) is 30.3. The Labute approximate surface area is 232 Å². The molecule has 3 aromatic carbocycles. The van der Waals surface area contributed by atoms with Crippen LogP contribution in [0.3, 0.4) is 0 Å². The fourth-order valence-electron chi connectivity index (χ4n) is 5.03. The van der Waals surface area contributed by atoms with Crippen molar-refractivity contribution in [3.63, 3.8) is 0 Å². The molecule has 0 unspecified atom stereocenters. The van der Waals surface area contributed by atoms with Gasteiger partial charge in [-0.15, -0.1) is 0 Å². The number of hydrogen-bond acceptors (Lipinski definition) is 2. The van der Waals surface area contributed by atoms with Crippen LogP contribution >= 0.6 is 7.26 Å². The summed E-state index contributed by atoms with van der Waals surface area (Å²) in [4.78, 5) is 0. The molecule has 0 aliphatic rings. The van der Waals surface area contributed by atoms with Gasteiger partial charge in [-0.2, -0.15) is 0 Å². The number of rotatable bonds is 19. The van der Waals surface area contributed by atoms with Crippen molar-refractivity contribution in [3.8, 4) is 0 Å². The molecule has 2 nitrogen and oxygen atoms in total. The summed E-state index contributed by atoms with van der Waals surface area (Å²) in [5.74, 6) is 0. The van der Waals surface area contributed by atoms with Crippen molar-refractivity contribution >= 4 is 23.2 Å². The van der Waals surface area contributed by atoms with Crippen LogP contribution in [0.25, 0.3) is 0 Å². The molecule has 3 rings (SSSR count). The van der Waals surface area contributed by atoms with Gasteiger partial charge in [0.2, 0.25) is 0 Å². The Kier molecular flexibility index (Phi) is 14.4. The molecule has 0 saturated heterocycles. The van der Waals surface area contributed by atoms with E-state index in [-0.39, 0.29) is 6.29 Å². The average molecular weight is 532 g/mol. The first-order chi connectivity index (χ1) is 18.8. The standard InChI is InChI=1S/C35H48O2P/c1-3-29-36-35(37-30-4-2)28-20-9-7-5-6-8-10-21-31-38(32-22-14-11-15-23-32,33-24-16-12-17-25-33)34-26-18-13-19-27-34/h6,8,11-19,22-27,35H,3-5,7,9-10,20-21,28-31H2,1-2H3/q+1/b8-6+. The fourth-order valence-corrected chi connectivity index (χ4v) is 9.40. The normalized spacial score (nSPS) is 12.0. The van der Waals surface area contributed by atoms with Gasteiger partial charge in [0.1, 0.15) is 23.2 Å². The monoisotopic (exact) mass is 531 g/mol. The van der Waals surface area contributed by atoms with Crippen LogP contribution in [-0.2, 0) is 9.47 Å². The molecular formula is C35H48O2P+. The minimum atomic E-state index is -1.71. The van der Waals surface area contributed by atoms with Gasteiger partial charge in [-0.1, -0.05) is 87.0 Å². The predicted molar refractivity (Wildman–Crippen MR) is 168 cm³/mol. The van der Waals surface area contributed by atoms with Crippen molar-refractivity contribution in [2.24, 2.45) is 0 Å². The van der Waals surface area contributed by atoms with E-state index in [4.69, 9.17) is 9.47 Å². The van der Waals surface area contributed by atoms with Gasteiger partial charge in [-0.05, 0) is 87.8 Å². The molecule has 0 saturated carbocycles. The summed E-state index contributed by atoms with van der Waals surface area (Å²) in [5, 5.41) is 4.43. The zero-order valence-corrected chi connectivity index (χ0v) is 24.5. The number of ether oxygens (including phenoxy) is 2. The Bertz CT molecular complexity index is 899. The summed E-state index contributed by atoms with van der Waals surface area (Å²) in [5.41, 5.74) is 0. The summed E-state index contributed by atoms with van der Waals surface area (Å²) < 4.78 is 11.7. The van der Waals surface area contributed by atoms with E-state index in [1.807, 2.05) is 0 Å². The number of allylic oxidation sites excluding steroid dienone is 2. The molecule has 0 radical (unpaired) electrons. The predicted octanol–water partition coefficient (Wildman–Crippen LogP) is 8.45. The van der Waals surface area contributed by atoms with Crippen molar-refractivity contribution in [1.82, 2.24) is 0 Å². The third-order valence-electron chi connectivity index (χ3n) is 6.95. The van der Waals surface area contributed by atoms with Crippen molar-refractivity contribution in [2.45, 2.75) is 77.9 Å². The molecule has 0 N–H and O–H groups in total. The van der Waals surface area contributed by atoms with E-state index in [0.717, 1.165) is 45.3 Å². The average Bonchev–Trinajstić information content (AvgIpc) is 2.98. The van der Waals surface area contributed by atoms with Gasteiger partial charge in [-0.3, -0.25) is 0 Å². The van der Waals surface area contributed by atoms with E-state index >= 15 is 0 Å². The van der Waals surface area contributed by atoms with Gasteiger partial charge < -0.3 is 9.47 Å². The van der Waals surface area contributed by atoms with Crippen molar-refractivity contribution in [1.29, 1.82) is 0 Å². The topological polar surface area (TPSA) is 18.5 Å². The fraction of sp³-hybridized carbons (Fsp3) is 0.429. The number of benzene rings is 3. The SMILES string of the molecule is CCCOC(CCCCC/C=C/CCC[P+](c1ccccc1)(c1ccccc1)c1ccccc1)OCCC. The number of hydrogen-bond donors (Lipinski definition) is 0. The highest BCUT2D eigenvalue weighted by atomic mass is 31.2. The van der Waals surface area contributed by atoms with Gasteiger partial charge in [0.05, 0.1) is 6.16 Å². The Hall–Kier alpha value is -2.25. The van der Waals surface area contributed by atoms with Gasteiger partial charge in [-0.25, -0.2) is 0 Å². The van der Waals surface area contributed by atoms with Crippen LogP contribution in [0.5, 0.6) is 0 Å². The lowest BCUT2D eigenvalue weighted by molar-refractivity contribution is -0.146. The molecule has 0 amide bonds. The van der Waals surface area contributed by atoms with E-state index in [2.05, 4.69) is 117 Å². The lowest BCUT2D eigenvalue weighted by Crippen LogP contribution is -2.33. The highest BCUT2D eigenvalue weighted by molar-refractivity contribution is 7.95. The lowest BCUT2D eigenvalue weighted by Gasteiger charge is -2.27. The van der Waals surface area contributed by atoms with Crippen LogP contribution in [-0.4, -0.2) is 25.7 Å². The van der Waals surface area contributed by atoms with E-state index in [1.54, 1.807) is 0 Å². The molecule has 0 aliphatic heterocycles. The summed E-state index contributed by atoms with van der Waals surface area (Å²) in [6.45, 7) is 5.88. The van der Waals surface area contributed by atoms with Crippen molar-refractivity contribution in [2.75, 3.05) is 19.4 Å². The maximum Gasteiger partial charge on any atom is 0.157 e. The quantitative estimate of drug-likeness (QED) is 0.0669. The van der Waals surface area contributed by atoms with Gasteiger partial charge in [0.25, 0.3) is 0 Å². The van der Waals surface area contributed by atoms with Crippen LogP contribution in [0, 0.1) is 0 Å². The molecule has 0 bridgehead atoms. The van der Waals surface area contributed by atoms with Gasteiger partial charge in [0.15, 0.2) is 6.29 Å². The van der Waals surface area contributed by atoms with Crippen molar-refractivity contribution in [3.05, 3.63) is 103 Å². The van der Waals surface area contributed by atoms with Gasteiger partial charge in [0, 0.05) is 13.2 Å². The molecule has 0 spiro atoms. The molecule has 0 heterocycles. The molecular weight excluding hydrogens is 483 g/mol. The third kappa shape index (κ3) is 9.49. The van der Waals surface area contributed by atoms with Crippen LogP contribution in [0.15, 0.2) is 103 Å². The Morgan fingerprint density at radius 3 is 1.47 bits per heavy atom. The first-order valence-corrected chi connectivity index (χ1v) is 16.7. The second-order valence-electron chi connectivity index (χ2n) is 9.96. The Morgan fingerprint density at radius 1 is 0.579 bits per heavy atom. The molecule has 0 atom stereocenters. The van der Waals surface area contributed by atoms with Crippen LogP contribution < -0.4 is 15.9 Å². The second kappa shape index (κ2) is 18.1. The zero-order chi connectivity index (χ0) is 26.7. The Balaban J connectivity index is 1.53. The molecule has 3 aromatic rings. The molecule has 0 aromatic heterocycles. The minimum absolute atomic E-state index is 0.0205. The summed E-state index contributed by atoms with van der Waals surface area (Å²) in [6, 6.07) is 33.6. The van der Waals surface area contributed by atoms with Crippen LogP contribution in [0.4, 0.5) is 0 Å². The third-order valence-corrected chi connectivity index (χ3v) is 11.5. The maximum absolute atomic E-state index is 5.86. The summed E-state index contributed by atoms with van der Waals surface area (Å²) >= 11 is 0. The number of unbranched alkanes of at least 4 members (excludes halogenated alkanes) is 4. The van der Waals surface area contributed by atoms with Gasteiger partial charge >= 0.3 is 0 Å². The van der Waals surface area contributed by atoms with E-state index in [1.165, 1.54) is 47.8 Å². The van der Waals surface area contributed by atoms with E-state index < -0.39 is 7.26 Å². The Morgan fingerprint density at radius 2 is 1.03 bits per heavy atom. The highest BCUT2D eigenvalue weighted by Crippen LogP contribution is 2.55.